The van der Waals surface area contributed by atoms with Crippen molar-refractivity contribution in [3.63, 3.8) is 0 Å². The van der Waals surface area contributed by atoms with Gasteiger partial charge in [-0.05, 0) is 36.4 Å². The molecule has 0 N–H and O–H groups in total. The van der Waals surface area contributed by atoms with E-state index in [9.17, 15) is 0 Å². The third kappa shape index (κ3) is 3.06. The van der Waals surface area contributed by atoms with Crippen LogP contribution < -0.4 is 0 Å². The highest BCUT2D eigenvalue weighted by Crippen LogP contribution is 2.25. The first-order valence-corrected chi connectivity index (χ1v) is 9.33. The van der Waals surface area contributed by atoms with Crippen molar-refractivity contribution in [2.75, 3.05) is 0 Å². The van der Waals surface area contributed by atoms with Crippen molar-refractivity contribution in [3.8, 4) is 17.1 Å². The maximum atomic E-state index is 5.97. The summed E-state index contributed by atoms with van der Waals surface area (Å²) in [5.74, 6) is 0.919. The molecule has 0 fully saturated rings. The molecule has 3 aromatic carbocycles. The second-order valence-electron chi connectivity index (χ2n) is 6.51. The normalized spacial score (nSPS) is 11.2. The van der Waals surface area contributed by atoms with E-state index < -0.39 is 0 Å². The number of rotatable bonds is 4. The molecule has 0 saturated heterocycles. The van der Waals surface area contributed by atoms with Gasteiger partial charge in [-0.2, -0.15) is 0 Å². The van der Waals surface area contributed by atoms with Gasteiger partial charge >= 0.3 is 0 Å². The van der Waals surface area contributed by atoms with E-state index in [1.807, 2.05) is 66.9 Å². The lowest BCUT2D eigenvalue weighted by Crippen LogP contribution is -2.02. The molecular weight excluding hydrogens is 370 g/mol. The average molecular weight is 386 g/mol. The predicted octanol–water partition coefficient (Wildman–Crippen LogP) is 4.99. The second kappa shape index (κ2) is 6.94. The maximum Gasteiger partial charge on any atom is 0.141 e. The first-order chi connectivity index (χ1) is 13.8. The van der Waals surface area contributed by atoms with Crippen LogP contribution in [0.25, 0.3) is 28.1 Å². The van der Waals surface area contributed by atoms with Crippen molar-refractivity contribution in [1.82, 2.24) is 24.5 Å². The Morgan fingerprint density at radius 2 is 1.57 bits per heavy atom. The summed E-state index contributed by atoms with van der Waals surface area (Å²) in [5.41, 5.74) is 4.88. The van der Waals surface area contributed by atoms with E-state index in [4.69, 9.17) is 16.6 Å². The van der Waals surface area contributed by atoms with Crippen molar-refractivity contribution in [2.24, 2.45) is 0 Å². The molecule has 0 aliphatic carbocycles. The van der Waals surface area contributed by atoms with E-state index in [2.05, 4.69) is 33.1 Å². The number of aromatic nitrogens is 5. The van der Waals surface area contributed by atoms with Gasteiger partial charge in [0.05, 0.1) is 29.5 Å². The molecule has 5 rings (SSSR count). The minimum atomic E-state index is 0.582. The Balaban J connectivity index is 1.56. The fraction of sp³-hybridized carbons (Fsp3) is 0.0455. The number of halogens is 1. The third-order valence-electron chi connectivity index (χ3n) is 4.64. The van der Waals surface area contributed by atoms with Crippen molar-refractivity contribution in [2.45, 2.75) is 6.54 Å². The van der Waals surface area contributed by atoms with Gasteiger partial charge in [0, 0.05) is 10.6 Å². The quantitative estimate of drug-likeness (QED) is 0.438. The van der Waals surface area contributed by atoms with Crippen LogP contribution in [0.3, 0.4) is 0 Å². The van der Waals surface area contributed by atoms with Gasteiger partial charge in [0.25, 0.3) is 0 Å². The summed E-state index contributed by atoms with van der Waals surface area (Å²) < 4.78 is 3.94. The molecule has 0 aliphatic heterocycles. The molecule has 0 bridgehead atoms. The van der Waals surface area contributed by atoms with Gasteiger partial charge in [-0.1, -0.05) is 59.3 Å². The van der Waals surface area contributed by atoms with Crippen molar-refractivity contribution in [3.05, 3.63) is 95.8 Å². The zero-order valence-electron chi connectivity index (χ0n) is 14.9. The zero-order valence-corrected chi connectivity index (χ0v) is 15.7. The Morgan fingerprint density at radius 1 is 0.821 bits per heavy atom. The van der Waals surface area contributed by atoms with Gasteiger partial charge < -0.3 is 4.57 Å². The van der Waals surface area contributed by atoms with Crippen molar-refractivity contribution in [1.29, 1.82) is 0 Å². The first-order valence-electron chi connectivity index (χ1n) is 8.96. The van der Waals surface area contributed by atoms with Crippen LogP contribution in [-0.2, 0) is 6.54 Å². The van der Waals surface area contributed by atoms with E-state index in [1.54, 1.807) is 4.68 Å². The number of nitrogens with zero attached hydrogens (tertiary/aromatic N) is 5. The van der Waals surface area contributed by atoms with E-state index in [1.165, 1.54) is 0 Å². The molecule has 0 spiro atoms. The number of benzene rings is 3. The van der Waals surface area contributed by atoms with Crippen LogP contribution in [0.2, 0.25) is 5.02 Å². The molecular formula is C22H16ClN5. The summed E-state index contributed by atoms with van der Waals surface area (Å²) in [6.07, 6.45) is 1.94. The molecule has 5 nitrogen and oxygen atoms in total. The lowest BCUT2D eigenvalue weighted by atomic mass is 10.2. The van der Waals surface area contributed by atoms with Gasteiger partial charge in [0.15, 0.2) is 0 Å². The summed E-state index contributed by atoms with van der Waals surface area (Å²) >= 11 is 5.97. The fourth-order valence-electron chi connectivity index (χ4n) is 3.30. The van der Waals surface area contributed by atoms with Crippen molar-refractivity contribution >= 4 is 22.6 Å². The molecule has 136 valence electrons. The Morgan fingerprint density at radius 3 is 2.39 bits per heavy atom. The van der Waals surface area contributed by atoms with Crippen LogP contribution in [0, 0.1) is 0 Å². The molecule has 2 aromatic heterocycles. The molecule has 0 saturated carbocycles. The Bertz CT molecular complexity index is 1240. The summed E-state index contributed by atoms with van der Waals surface area (Å²) in [7, 11) is 0. The number of hydrogen-bond donors (Lipinski definition) is 0. The molecule has 0 unspecified atom stereocenters. The van der Waals surface area contributed by atoms with E-state index in [0.717, 1.165) is 33.8 Å². The molecule has 0 aliphatic rings. The van der Waals surface area contributed by atoms with Crippen LogP contribution in [0.5, 0.6) is 0 Å². The highest BCUT2D eigenvalue weighted by Gasteiger charge is 2.14. The maximum absolute atomic E-state index is 5.97. The SMILES string of the molecule is Clc1ccc(-n2cc(Cn3c(-c4ccccc4)nc4ccccc43)nn2)cc1. The van der Waals surface area contributed by atoms with Gasteiger partial charge in [-0.25, -0.2) is 9.67 Å². The number of para-hydroxylation sites is 2. The fourth-order valence-corrected chi connectivity index (χ4v) is 3.42. The molecule has 28 heavy (non-hydrogen) atoms. The number of imidazole rings is 1. The summed E-state index contributed by atoms with van der Waals surface area (Å²) in [4.78, 5) is 4.85. The molecule has 0 amide bonds. The first kappa shape index (κ1) is 16.7. The Labute approximate surface area is 166 Å². The predicted molar refractivity (Wildman–Crippen MR) is 111 cm³/mol. The van der Waals surface area contributed by atoms with E-state index >= 15 is 0 Å². The third-order valence-corrected chi connectivity index (χ3v) is 4.89. The largest absolute Gasteiger partial charge is 0.318 e. The minimum Gasteiger partial charge on any atom is -0.318 e. The molecule has 0 atom stereocenters. The monoisotopic (exact) mass is 385 g/mol. The lowest BCUT2D eigenvalue weighted by molar-refractivity contribution is 0.774. The zero-order chi connectivity index (χ0) is 18.9. The molecule has 0 radical (unpaired) electrons. The van der Waals surface area contributed by atoms with Crippen LogP contribution in [0.4, 0.5) is 0 Å². The van der Waals surface area contributed by atoms with Gasteiger partial charge in [0.2, 0.25) is 0 Å². The van der Waals surface area contributed by atoms with Gasteiger partial charge in [-0.3, -0.25) is 0 Å². The molecule has 2 heterocycles. The van der Waals surface area contributed by atoms with Gasteiger partial charge in [-0.15, -0.1) is 5.10 Å². The smallest absolute Gasteiger partial charge is 0.141 e. The number of fused-ring (bicyclic) bond motifs is 1. The van der Waals surface area contributed by atoms with Crippen LogP contribution in [0.15, 0.2) is 85.1 Å². The molecule has 6 heteroatoms. The van der Waals surface area contributed by atoms with Gasteiger partial charge in [0.1, 0.15) is 11.5 Å². The highest BCUT2D eigenvalue weighted by atomic mass is 35.5. The lowest BCUT2D eigenvalue weighted by Gasteiger charge is -2.07. The highest BCUT2D eigenvalue weighted by molar-refractivity contribution is 6.30. The number of hydrogen-bond acceptors (Lipinski definition) is 3. The van der Waals surface area contributed by atoms with Crippen molar-refractivity contribution < 1.29 is 0 Å². The average Bonchev–Trinajstić information content (AvgIpc) is 3.35. The summed E-state index contributed by atoms with van der Waals surface area (Å²) in [6, 6.07) is 25.9. The van der Waals surface area contributed by atoms with E-state index in [0.29, 0.717) is 11.6 Å². The Kier molecular flexibility index (Phi) is 4.14. The standard InChI is InChI=1S/C22H16ClN5/c23-17-10-12-19(13-11-17)28-15-18(25-26-28)14-27-21-9-5-4-8-20(21)24-22(27)16-6-2-1-3-7-16/h1-13,15H,14H2. The van der Waals surface area contributed by atoms with Crippen LogP contribution >= 0.6 is 11.6 Å². The van der Waals surface area contributed by atoms with Crippen LogP contribution in [0.1, 0.15) is 5.69 Å². The summed E-state index contributed by atoms with van der Waals surface area (Å²) in [5, 5.41) is 9.33. The Hall–Kier alpha value is -3.44. The topological polar surface area (TPSA) is 48.5 Å². The van der Waals surface area contributed by atoms with E-state index in [-0.39, 0.29) is 0 Å². The summed E-state index contributed by atoms with van der Waals surface area (Å²) in [6.45, 7) is 0.582. The second-order valence-corrected chi connectivity index (χ2v) is 6.94. The molecule has 5 aromatic rings. The minimum absolute atomic E-state index is 0.582. The van der Waals surface area contributed by atoms with Crippen LogP contribution in [-0.4, -0.2) is 24.5 Å².